The van der Waals surface area contributed by atoms with Crippen LogP contribution in [0.25, 0.3) is 0 Å². The SMILES string of the molecule is C=C(C)CNCCCCC. The Labute approximate surface area is 64.5 Å². The summed E-state index contributed by atoms with van der Waals surface area (Å²) in [5.74, 6) is 0. The maximum absolute atomic E-state index is 3.81. The van der Waals surface area contributed by atoms with Gasteiger partial charge in [-0.3, -0.25) is 0 Å². The van der Waals surface area contributed by atoms with Gasteiger partial charge in [0.25, 0.3) is 0 Å². The van der Waals surface area contributed by atoms with Gasteiger partial charge >= 0.3 is 0 Å². The number of unbranched alkanes of at least 4 members (excludes halogenated alkanes) is 2. The molecule has 0 spiro atoms. The quantitative estimate of drug-likeness (QED) is 0.442. The Kier molecular flexibility index (Phi) is 6.61. The third kappa shape index (κ3) is 7.70. The Hall–Kier alpha value is -0.300. The second kappa shape index (κ2) is 6.81. The monoisotopic (exact) mass is 141 g/mol. The van der Waals surface area contributed by atoms with E-state index in [1.165, 1.54) is 24.8 Å². The molecule has 0 aliphatic rings. The van der Waals surface area contributed by atoms with Gasteiger partial charge in [-0.2, -0.15) is 0 Å². The van der Waals surface area contributed by atoms with Crippen molar-refractivity contribution in [3.05, 3.63) is 12.2 Å². The van der Waals surface area contributed by atoms with Crippen LogP contribution >= 0.6 is 0 Å². The van der Waals surface area contributed by atoms with Gasteiger partial charge in [0.1, 0.15) is 0 Å². The Balaban J connectivity index is 2.84. The normalized spacial score (nSPS) is 9.80. The minimum atomic E-state index is 0.976. The van der Waals surface area contributed by atoms with Crippen LogP contribution in [0.4, 0.5) is 0 Å². The summed E-state index contributed by atoms with van der Waals surface area (Å²) >= 11 is 0. The molecule has 1 N–H and O–H groups in total. The van der Waals surface area contributed by atoms with Crippen molar-refractivity contribution in [3.63, 3.8) is 0 Å². The van der Waals surface area contributed by atoms with E-state index < -0.39 is 0 Å². The zero-order valence-electron chi connectivity index (χ0n) is 7.24. The molecule has 0 unspecified atom stereocenters. The van der Waals surface area contributed by atoms with Crippen LogP contribution in [0.1, 0.15) is 33.1 Å². The summed E-state index contributed by atoms with van der Waals surface area (Å²) in [6.45, 7) is 10.2. The fourth-order valence-electron chi connectivity index (χ4n) is 0.802. The molecule has 0 heterocycles. The van der Waals surface area contributed by atoms with E-state index in [0.717, 1.165) is 13.1 Å². The summed E-state index contributed by atoms with van der Waals surface area (Å²) in [6.07, 6.45) is 3.93. The molecule has 0 fully saturated rings. The average Bonchev–Trinajstić information content (AvgIpc) is 1.87. The molecule has 1 heteroatoms. The highest BCUT2D eigenvalue weighted by atomic mass is 14.8. The Morgan fingerprint density at radius 2 is 2.10 bits per heavy atom. The average molecular weight is 141 g/mol. The van der Waals surface area contributed by atoms with Crippen LogP contribution in [-0.4, -0.2) is 13.1 Å². The highest BCUT2D eigenvalue weighted by Gasteiger charge is 1.86. The predicted molar refractivity (Wildman–Crippen MR) is 47.2 cm³/mol. The van der Waals surface area contributed by atoms with Crippen molar-refractivity contribution in [1.82, 2.24) is 5.32 Å². The van der Waals surface area contributed by atoms with Crippen LogP contribution in [-0.2, 0) is 0 Å². The van der Waals surface area contributed by atoms with Gasteiger partial charge in [0.05, 0.1) is 0 Å². The van der Waals surface area contributed by atoms with Crippen LogP contribution in [0.3, 0.4) is 0 Å². The Morgan fingerprint density at radius 1 is 1.40 bits per heavy atom. The lowest BCUT2D eigenvalue weighted by molar-refractivity contribution is 0.640. The van der Waals surface area contributed by atoms with Gasteiger partial charge in [-0.15, -0.1) is 0 Å². The number of hydrogen-bond acceptors (Lipinski definition) is 1. The molecule has 0 aliphatic heterocycles. The standard InChI is InChI=1S/C9H19N/c1-4-5-6-7-10-8-9(2)3/h10H,2,4-8H2,1,3H3. The first-order valence-electron chi connectivity index (χ1n) is 4.12. The van der Waals surface area contributed by atoms with Gasteiger partial charge in [0.2, 0.25) is 0 Å². The second-order valence-electron chi connectivity index (χ2n) is 2.84. The Morgan fingerprint density at radius 3 is 2.60 bits per heavy atom. The van der Waals surface area contributed by atoms with Gasteiger partial charge in [-0.1, -0.05) is 31.9 Å². The molecule has 0 saturated carbocycles. The zero-order chi connectivity index (χ0) is 7.82. The fraction of sp³-hybridized carbons (Fsp3) is 0.778. The third-order valence-electron chi connectivity index (χ3n) is 1.38. The molecule has 0 amide bonds. The van der Waals surface area contributed by atoms with E-state index >= 15 is 0 Å². The lowest BCUT2D eigenvalue weighted by Gasteiger charge is -2.01. The minimum absolute atomic E-state index is 0.976. The van der Waals surface area contributed by atoms with Crippen molar-refractivity contribution in [2.75, 3.05) is 13.1 Å². The summed E-state index contributed by atoms with van der Waals surface area (Å²) in [4.78, 5) is 0. The van der Waals surface area contributed by atoms with Gasteiger partial charge in [-0.05, 0) is 19.9 Å². The van der Waals surface area contributed by atoms with E-state index in [1.54, 1.807) is 0 Å². The topological polar surface area (TPSA) is 12.0 Å². The van der Waals surface area contributed by atoms with Gasteiger partial charge in [0.15, 0.2) is 0 Å². The lowest BCUT2D eigenvalue weighted by atomic mass is 10.2. The fourth-order valence-corrected chi connectivity index (χ4v) is 0.802. The molecule has 0 rings (SSSR count). The molecule has 0 atom stereocenters. The molecule has 0 saturated heterocycles. The highest BCUT2D eigenvalue weighted by molar-refractivity contribution is 4.90. The van der Waals surface area contributed by atoms with Crippen molar-refractivity contribution >= 4 is 0 Å². The van der Waals surface area contributed by atoms with E-state index in [9.17, 15) is 0 Å². The lowest BCUT2D eigenvalue weighted by Crippen LogP contribution is -2.16. The molecule has 1 nitrogen and oxygen atoms in total. The van der Waals surface area contributed by atoms with E-state index in [-0.39, 0.29) is 0 Å². The summed E-state index contributed by atoms with van der Waals surface area (Å²) in [5.41, 5.74) is 1.22. The molecular formula is C9H19N. The molecule has 10 heavy (non-hydrogen) atoms. The van der Waals surface area contributed by atoms with Crippen molar-refractivity contribution in [3.8, 4) is 0 Å². The van der Waals surface area contributed by atoms with Gasteiger partial charge in [-0.25, -0.2) is 0 Å². The smallest absolute Gasteiger partial charge is 0.0159 e. The van der Waals surface area contributed by atoms with Gasteiger partial charge < -0.3 is 5.32 Å². The predicted octanol–water partition coefficient (Wildman–Crippen LogP) is 2.34. The summed E-state index contributed by atoms with van der Waals surface area (Å²) < 4.78 is 0. The first kappa shape index (κ1) is 9.70. The molecule has 60 valence electrons. The summed E-state index contributed by atoms with van der Waals surface area (Å²) in [7, 11) is 0. The summed E-state index contributed by atoms with van der Waals surface area (Å²) in [5, 5.41) is 3.32. The van der Waals surface area contributed by atoms with Crippen molar-refractivity contribution in [2.45, 2.75) is 33.1 Å². The molecule has 0 aliphatic carbocycles. The first-order valence-corrected chi connectivity index (χ1v) is 4.12. The maximum atomic E-state index is 3.81. The third-order valence-corrected chi connectivity index (χ3v) is 1.38. The van der Waals surface area contributed by atoms with Gasteiger partial charge in [0, 0.05) is 6.54 Å². The highest BCUT2D eigenvalue weighted by Crippen LogP contribution is 1.91. The Bertz CT molecular complexity index is 86.7. The number of nitrogens with one attached hydrogen (secondary N) is 1. The van der Waals surface area contributed by atoms with E-state index in [2.05, 4.69) is 18.8 Å². The molecule has 0 aromatic carbocycles. The zero-order valence-corrected chi connectivity index (χ0v) is 7.24. The van der Waals surface area contributed by atoms with E-state index in [4.69, 9.17) is 0 Å². The van der Waals surface area contributed by atoms with Crippen LogP contribution in [0.2, 0.25) is 0 Å². The maximum Gasteiger partial charge on any atom is 0.0159 e. The molecule has 0 bridgehead atoms. The number of rotatable bonds is 6. The van der Waals surface area contributed by atoms with E-state index in [1.807, 2.05) is 6.92 Å². The van der Waals surface area contributed by atoms with Crippen LogP contribution < -0.4 is 5.32 Å². The molecular weight excluding hydrogens is 122 g/mol. The first-order chi connectivity index (χ1) is 4.77. The van der Waals surface area contributed by atoms with Crippen LogP contribution in [0.15, 0.2) is 12.2 Å². The molecule has 0 aromatic rings. The van der Waals surface area contributed by atoms with Crippen molar-refractivity contribution < 1.29 is 0 Å². The van der Waals surface area contributed by atoms with Crippen LogP contribution in [0, 0.1) is 0 Å². The second-order valence-corrected chi connectivity index (χ2v) is 2.84. The van der Waals surface area contributed by atoms with E-state index in [0.29, 0.717) is 0 Å². The molecule has 0 aromatic heterocycles. The minimum Gasteiger partial charge on any atom is -0.313 e. The number of hydrogen-bond donors (Lipinski definition) is 1. The van der Waals surface area contributed by atoms with Crippen LogP contribution in [0.5, 0.6) is 0 Å². The largest absolute Gasteiger partial charge is 0.313 e. The molecule has 0 radical (unpaired) electrons. The van der Waals surface area contributed by atoms with Crippen molar-refractivity contribution in [2.24, 2.45) is 0 Å². The summed E-state index contributed by atoms with van der Waals surface area (Å²) in [6, 6.07) is 0. The van der Waals surface area contributed by atoms with Crippen molar-refractivity contribution in [1.29, 1.82) is 0 Å².